The van der Waals surface area contributed by atoms with Crippen LogP contribution in [-0.4, -0.2) is 16.8 Å². The maximum Gasteiger partial charge on any atom is 0.347 e. The van der Waals surface area contributed by atoms with Crippen molar-refractivity contribution in [3.8, 4) is 0 Å². The van der Waals surface area contributed by atoms with Gasteiger partial charge in [0.25, 0.3) is 5.91 Å². The van der Waals surface area contributed by atoms with Crippen LogP contribution in [0.15, 0.2) is 57.7 Å². The topological polar surface area (TPSA) is 96.6 Å². The molecule has 0 fully saturated rings. The molecule has 0 bridgehead atoms. The Morgan fingerprint density at radius 1 is 1.15 bits per heavy atom. The Hall–Kier alpha value is -2.96. The number of carbonyl (C=O) groups is 2. The molecule has 3 aromatic rings. The molecule has 2 heterocycles. The molecule has 26 heavy (non-hydrogen) atoms. The van der Waals surface area contributed by atoms with Crippen molar-refractivity contribution in [1.29, 1.82) is 0 Å². The fraction of sp³-hybridized carbons (Fsp3) is 0.105. The number of amides is 1. The van der Waals surface area contributed by atoms with Crippen LogP contribution in [-0.2, 0) is 10.4 Å². The molecule has 130 valence electrons. The van der Waals surface area contributed by atoms with Gasteiger partial charge in [-0.25, -0.2) is 4.79 Å². The van der Waals surface area contributed by atoms with Crippen LogP contribution in [0.3, 0.4) is 0 Å². The van der Waals surface area contributed by atoms with Crippen LogP contribution in [0.25, 0.3) is 11.0 Å². The summed E-state index contributed by atoms with van der Waals surface area (Å²) in [5, 5.41) is 14.3. The third-order valence-corrected chi connectivity index (χ3v) is 4.64. The quantitative estimate of drug-likeness (QED) is 0.546. The minimum atomic E-state index is -2.10. The highest BCUT2D eigenvalue weighted by Gasteiger charge is 2.47. The van der Waals surface area contributed by atoms with Crippen molar-refractivity contribution >= 4 is 39.9 Å². The van der Waals surface area contributed by atoms with Gasteiger partial charge in [-0.15, -0.1) is 0 Å². The van der Waals surface area contributed by atoms with E-state index in [0.717, 1.165) is 0 Å². The minimum absolute atomic E-state index is 0.202. The second-order valence-electron chi connectivity index (χ2n) is 6.09. The summed E-state index contributed by atoms with van der Waals surface area (Å²) in [5.41, 5.74) is -2.21. The Morgan fingerprint density at radius 3 is 2.73 bits per heavy atom. The van der Waals surface area contributed by atoms with E-state index in [1.165, 1.54) is 12.1 Å². The first kappa shape index (κ1) is 16.5. The molecule has 0 spiro atoms. The molecule has 1 aliphatic heterocycles. The van der Waals surface area contributed by atoms with Gasteiger partial charge < -0.3 is 14.8 Å². The number of Topliss-reactive ketones (excluding diaryl/α,β-unsaturated/α-hetero) is 1. The number of hydrogen-bond donors (Lipinski definition) is 2. The van der Waals surface area contributed by atoms with E-state index in [4.69, 9.17) is 16.0 Å². The van der Waals surface area contributed by atoms with Crippen LogP contribution in [0, 0.1) is 0 Å². The first-order valence-corrected chi connectivity index (χ1v) is 8.16. The highest BCUT2D eigenvalue weighted by atomic mass is 35.5. The number of hydrogen-bond acceptors (Lipinski definition) is 5. The average molecular weight is 370 g/mol. The second-order valence-corrected chi connectivity index (χ2v) is 6.53. The van der Waals surface area contributed by atoms with Crippen LogP contribution < -0.4 is 10.9 Å². The van der Waals surface area contributed by atoms with Crippen LogP contribution in [0.2, 0.25) is 5.02 Å². The molecule has 4 rings (SSSR count). The number of aliphatic hydroxyl groups is 1. The summed E-state index contributed by atoms with van der Waals surface area (Å²) in [6.45, 7) is 0. The normalized spacial score (nSPS) is 18.6. The molecule has 0 saturated carbocycles. The van der Waals surface area contributed by atoms with Crippen molar-refractivity contribution in [3.05, 3.63) is 75.1 Å². The lowest BCUT2D eigenvalue weighted by molar-refractivity contribution is -0.133. The molecule has 1 aromatic heterocycles. The Bertz CT molecular complexity index is 1140. The minimum Gasteiger partial charge on any atom is -0.422 e. The molecular formula is C19H12ClNO5. The maximum absolute atomic E-state index is 12.7. The highest BCUT2D eigenvalue weighted by Crippen LogP contribution is 2.40. The zero-order chi connectivity index (χ0) is 18.5. The van der Waals surface area contributed by atoms with E-state index in [1.54, 1.807) is 36.4 Å². The third kappa shape index (κ3) is 2.51. The molecule has 1 amide bonds. The Kier molecular flexibility index (Phi) is 3.68. The van der Waals surface area contributed by atoms with Crippen molar-refractivity contribution in [3.63, 3.8) is 0 Å². The van der Waals surface area contributed by atoms with Gasteiger partial charge in [-0.05, 0) is 30.3 Å². The zero-order valence-corrected chi connectivity index (χ0v) is 14.0. The summed E-state index contributed by atoms with van der Waals surface area (Å²) >= 11 is 5.94. The standard InChI is InChI=1S/C19H12ClNO5/c20-11-5-6-14-13(8-11)19(25,18(24)21-14)9-15(22)12-7-10-3-1-2-4-16(10)26-17(12)23/h1-8,25H,9H2,(H,21,24)/t19-/m0/s1. The summed E-state index contributed by atoms with van der Waals surface area (Å²) in [7, 11) is 0. The molecule has 2 N–H and O–H groups in total. The van der Waals surface area contributed by atoms with Crippen LogP contribution in [0.5, 0.6) is 0 Å². The van der Waals surface area contributed by atoms with Gasteiger partial charge in [0.2, 0.25) is 0 Å². The molecule has 1 atom stereocenters. The van der Waals surface area contributed by atoms with Crippen molar-refractivity contribution < 1.29 is 19.1 Å². The lowest BCUT2D eigenvalue weighted by atomic mass is 9.88. The lowest BCUT2D eigenvalue weighted by Crippen LogP contribution is -2.37. The molecule has 6 nitrogen and oxygen atoms in total. The number of halogens is 1. The van der Waals surface area contributed by atoms with Crippen molar-refractivity contribution in [1.82, 2.24) is 0 Å². The van der Waals surface area contributed by atoms with Crippen molar-refractivity contribution in [2.24, 2.45) is 0 Å². The van der Waals surface area contributed by atoms with E-state index < -0.39 is 29.3 Å². The fourth-order valence-corrected chi connectivity index (χ4v) is 3.25. The van der Waals surface area contributed by atoms with E-state index in [9.17, 15) is 19.5 Å². The Labute approximate surface area is 152 Å². The Balaban J connectivity index is 1.75. The number of anilines is 1. The van der Waals surface area contributed by atoms with Crippen molar-refractivity contribution in [2.75, 3.05) is 5.32 Å². The molecule has 2 aromatic carbocycles. The van der Waals surface area contributed by atoms with E-state index >= 15 is 0 Å². The van der Waals surface area contributed by atoms with E-state index in [1.807, 2.05) is 0 Å². The molecular weight excluding hydrogens is 358 g/mol. The summed E-state index contributed by atoms with van der Waals surface area (Å²) in [6, 6.07) is 12.7. The van der Waals surface area contributed by atoms with E-state index in [0.29, 0.717) is 21.7 Å². The number of fused-ring (bicyclic) bond motifs is 2. The van der Waals surface area contributed by atoms with Gasteiger partial charge in [0.15, 0.2) is 11.4 Å². The molecule has 0 radical (unpaired) electrons. The summed E-state index contributed by atoms with van der Waals surface area (Å²) in [5.74, 6) is -1.44. The number of ketones is 1. The molecule has 1 aliphatic rings. The SMILES string of the molecule is O=C(C[C@@]1(O)C(=O)Nc2ccc(Cl)cc21)c1cc2ccccc2oc1=O. The van der Waals surface area contributed by atoms with Crippen LogP contribution >= 0.6 is 11.6 Å². The first-order chi connectivity index (χ1) is 12.4. The lowest BCUT2D eigenvalue weighted by Gasteiger charge is -2.19. The molecule has 0 aliphatic carbocycles. The molecule has 0 unspecified atom stereocenters. The molecule has 7 heteroatoms. The monoisotopic (exact) mass is 369 g/mol. The third-order valence-electron chi connectivity index (χ3n) is 4.41. The number of benzene rings is 2. The largest absolute Gasteiger partial charge is 0.422 e. The zero-order valence-electron chi connectivity index (χ0n) is 13.3. The summed E-state index contributed by atoms with van der Waals surface area (Å²) in [6.07, 6.45) is -0.602. The van der Waals surface area contributed by atoms with Crippen LogP contribution in [0.1, 0.15) is 22.3 Å². The predicted molar refractivity (Wildman–Crippen MR) is 95.4 cm³/mol. The summed E-state index contributed by atoms with van der Waals surface area (Å²) < 4.78 is 5.15. The average Bonchev–Trinajstić information content (AvgIpc) is 2.85. The van der Waals surface area contributed by atoms with Crippen molar-refractivity contribution in [2.45, 2.75) is 12.0 Å². The number of carbonyl (C=O) groups excluding carboxylic acids is 2. The van der Waals surface area contributed by atoms with Gasteiger partial charge in [-0.3, -0.25) is 9.59 Å². The second kappa shape index (κ2) is 5.79. The fourth-order valence-electron chi connectivity index (χ4n) is 3.08. The first-order valence-electron chi connectivity index (χ1n) is 7.78. The highest BCUT2D eigenvalue weighted by molar-refractivity contribution is 6.31. The number of rotatable bonds is 3. The van der Waals surface area contributed by atoms with E-state index in [2.05, 4.69) is 5.32 Å². The van der Waals surface area contributed by atoms with Gasteiger partial charge >= 0.3 is 5.63 Å². The maximum atomic E-state index is 12.7. The Morgan fingerprint density at radius 2 is 1.92 bits per heavy atom. The molecule has 0 saturated heterocycles. The number of nitrogens with one attached hydrogen (secondary N) is 1. The summed E-state index contributed by atoms with van der Waals surface area (Å²) in [4.78, 5) is 37.1. The van der Waals surface area contributed by atoms with Gasteiger partial charge in [0, 0.05) is 21.7 Å². The van der Waals surface area contributed by atoms with Gasteiger partial charge in [0.1, 0.15) is 11.1 Å². The van der Waals surface area contributed by atoms with E-state index in [-0.39, 0.29) is 11.1 Å². The predicted octanol–water partition coefficient (Wildman–Crippen LogP) is 2.86. The van der Waals surface area contributed by atoms with Gasteiger partial charge in [-0.2, -0.15) is 0 Å². The smallest absolute Gasteiger partial charge is 0.347 e. The number of para-hydroxylation sites is 1. The van der Waals surface area contributed by atoms with Gasteiger partial charge in [-0.1, -0.05) is 29.8 Å². The van der Waals surface area contributed by atoms with Crippen LogP contribution in [0.4, 0.5) is 5.69 Å². The van der Waals surface area contributed by atoms with Gasteiger partial charge in [0.05, 0.1) is 6.42 Å².